The van der Waals surface area contributed by atoms with E-state index in [1.807, 2.05) is 34.6 Å². The van der Waals surface area contributed by atoms with Crippen LogP contribution in [0, 0.1) is 5.82 Å². The van der Waals surface area contributed by atoms with Crippen LogP contribution in [-0.4, -0.2) is 20.4 Å². The maximum Gasteiger partial charge on any atom is 0.275 e. The van der Waals surface area contributed by atoms with Gasteiger partial charge in [-0.15, -0.1) is 11.3 Å². The fraction of sp³-hybridized carbons (Fsp3) is 0.0556. The van der Waals surface area contributed by atoms with Gasteiger partial charge in [0, 0.05) is 40.7 Å². The zero-order chi connectivity index (χ0) is 18.8. The minimum absolute atomic E-state index is 0.304. The van der Waals surface area contributed by atoms with Crippen molar-refractivity contribution in [3.05, 3.63) is 64.3 Å². The lowest BCUT2D eigenvalue weighted by Crippen LogP contribution is -2.13. The summed E-state index contributed by atoms with van der Waals surface area (Å²) in [4.78, 5) is 22.0. The average Bonchev–Trinajstić information content (AvgIpc) is 3.39. The molecule has 1 N–H and O–H groups in total. The summed E-state index contributed by atoms with van der Waals surface area (Å²) in [5.41, 5.74) is 1.68. The van der Waals surface area contributed by atoms with E-state index in [2.05, 4.69) is 15.3 Å². The molecular formula is C18H13FN4OS3. The predicted octanol–water partition coefficient (Wildman–Crippen LogP) is 5.15. The molecular weight excluding hydrogens is 403 g/mol. The number of nitrogens with one attached hydrogen (secondary N) is 1. The van der Waals surface area contributed by atoms with E-state index in [4.69, 9.17) is 0 Å². The van der Waals surface area contributed by atoms with E-state index in [1.54, 1.807) is 29.0 Å². The van der Waals surface area contributed by atoms with Crippen molar-refractivity contribution in [1.82, 2.24) is 14.5 Å². The molecule has 0 unspecified atom stereocenters. The second-order valence-electron chi connectivity index (χ2n) is 5.57. The maximum atomic E-state index is 13.8. The molecule has 0 fully saturated rings. The Morgan fingerprint density at radius 3 is 2.93 bits per heavy atom. The van der Waals surface area contributed by atoms with Crippen LogP contribution in [0.15, 0.2) is 62.9 Å². The van der Waals surface area contributed by atoms with Crippen LogP contribution in [0.1, 0.15) is 10.5 Å². The van der Waals surface area contributed by atoms with Gasteiger partial charge in [-0.3, -0.25) is 4.79 Å². The predicted molar refractivity (Wildman–Crippen MR) is 107 cm³/mol. The minimum atomic E-state index is -0.424. The lowest BCUT2D eigenvalue weighted by molar-refractivity contribution is 0.102. The molecule has 27 heavy (non-hydrogen) atoms. The van der Waals surface area contributed by atoms with Gasteiger partial charge in [-0.25, -0.2) is 14.4 Å². The zero-order valence-electron chi connectivity index (χ0n) is 14.0. The summed E-state index contributed by atoms with van der Waals surface area (Å²) >= 11 is 4.33. The lowest BCUT2D eigenvalue weighted by Gasteiger charge is -2.10. The highest BCUT2D eigenvalue weighted by molar-refractivity contribution is 7.99. The number of thiophene rings is 1. The van der Waals surface area contributed by atoms with Gasteiger partial charge in [-0.05, 0) is 41.4 Å². The zero-order valence-corrected chi connectivity index (χ0v) is 16.5. The van der Waals surface area contributed by atoms with Gasteiger partial charge in [0.2, 0.25) is 0 Å². The van der Waals surface area contributed by atoms with Gasteiger partial charge < -0.3 is 9.88 Å². The van der Waals surface area contributed by atoms with Crippen molar-refractivity contribution < 1.29 is 9.18 Å². The highest BCUT2D eigenvalue weighted by Gasteiger charge is 2.16. The van der Waals surface area contributed by atoms with Crippen LogP contribution in [0.4, 0.5) is 10.1 Å². The molecule has 0 bridgehead atoms. The van der Waals surface area contributed by atoms with Gasteiger partial charge in [-0.2, -0.15) is 11.3 Å². The van der Waals surface area contributed by atoms with E-state index in [0.29, 0.717) is 16.3 Å². The Kier molecular flexibility index (Phi) is 5.06. The molecule has 4 aromatic rings. The summed E-state index contributed by atoms with van der Waals surface area (Å²) in [5.74, 6) is -0.799. The molecule has 0 spiro atoms. The second-order valence-corrected chi connectivity index (χ2v) is 8.21. The van der Waals surface area contributed by atoms with Crippen molar-refractivity contribution in [2.24, 2.45) is 7.05 Å². The van der Waals surface area contributed by atoms with E-state index >= 15 is 0 Å². The molecule has 9 heteroatoms. The summed E-state index contributed by atoms with van der Waals surface area (Å²) in [6, 6.07) is 6.25. The van der Waals surface area contributed by atoms with Gasteiger partial charge >= 0.3 is 0 Å². The highest BCUT2D eigenvalue weighted by atomic mass is 32.2. The number of aryl methyl sites for hydroxylation is 1. The van der Waals surface area contributed by atoms with Crippen molar-refractivity contribution in [3.63, 3.8) is 0 Å². The quantitative estimate of drug-likeness (QED) is 0.489. The van der Waals surface area contributed by atoms with Crippen LogP contribution in [0.3, 0.4) is 0 Å². The Labute approximate surface area is 166 Å². The molecule has 5 nitrogen and oxygen atoms in total. The Bertz CT molecular complexity index is 1090. The van der Waals surface area contributed by atoms with Crippen molar-refractivity contribution in [3.8, 4) is 10.6 Å². The SMILES string of the molecule is Cn1ccnc1Sc1ccc(F)cc1NC(=O)c1csc(-c2ccsc2)n1. The van der Waals surface area contributed by atoms with Crippen LogP contribution in [0.25, 0.3) is 10.6 Å². The topological polar surface area (TPSA) is 59.8 Å². The fourth-order valence-electron chi connectivity index (χ4n) is 2.32. The van der Waals surface area contributed by atoms with Crippen LogP contribution in [0.2, 0.25) is 0 Å². The lowest BCUT2D eigenvalue weighted by atomic mass is 10.3. The molecule has 0 aliphatic carbocycles. The fourth-order valence-corrected chi connectivity index (χ4v) is 4.70. The summed E-state index contributed by atoms with van der Waals surface area (Å²) in [6.45, 7) is 0. The molecule has 1 amide bonds. The average molecular weight is 417 g/mol. The highest BCUT2D eigenvalue weighted by Crippen LogP contribution is 2.33. The first-order chi connectivity index (χ1) is 13.1. The first kappa shape index (κ1) is 17.9. The minimum Gasteiger partial charge on any atom is -0.329 e. The first-order valence-electron chi connectivity index (χ1n) is 7.84. The molecule has 0 saturated carbocycles. The summed E-state index contributed by atoms with van der Waals surface area (Å²) < 4.78 is 15.6. The number of rotatable bonds is 5. The molecule has 136 valence electrons. The number of nitrogens with zero attached hydrogens (tertiary/aromatic N) is 3. The third-order valence-corrected chi connectivity index (χ3v) is 6.40. The van der Waals surface area contributed by atoms with Gasteiger partial charge in [0.05, 0.1) is 5.69 Å². The number of aromatic nitrogens is 3. The number of hydrogen-bond acceptors (Lipinski definition) is 6. The second kappa shape index (κ2) is 7.63. The molecule has 0 atom stereocenters. The van der Waals surface area contributed by atoms with Crippen molar-refractivity contribution in [1.29, 1.82) is 0 Å². The van der Waals surface area contributed by atoms with E-state index in [9.17, 15) is 9.18 Å². The van der Waals surface area contributed by atoms with E-state index in [0.717, 1.165) is 15.7 Å². The van der Waals surface area contributed by atoms with Crippen molar-refractivity contribution in [2.75, 3.05) is 5.32 Å². The van der Waals surface area contributed by atoms with Crippen LogP contribution < -0.4 is 5.32 Å². The summed E-state index contributed by atoms with van der Waals surface area (Å²) in [5, 5.41) is 9.94. The smallest absolute Gasteiger partial charge is 0.275 e. The number of carbonyl (C=O) groups is 1. The Balaban J connectivity index is 1.57. The third kappa shape index (κ3) is 3.95. The number of carbonyl (C=O) groups excluding carboxylic acids is 1. The number of imidazole rings is 1. The number of anilines is 1. The normalized spacial score (nSPS) is 10.9. The van der Waals surface area contributed by atoms with Crippen molar-refractivity contribution >= 4 is 46.0 Å². The van der Waals surface area contributed by atoms with E-state index in [1.165, 1.54) is 35.2 Å². The maximum absolute atomic E-state index is 13.8. The standard InChI is InChI=1S/C18H13FN4OS3/c1-23-6-5-20-18(23)27-15-3-2-12(19)8-13(15)21-16(24)14-10-26-17(22-14)11-4-7-25-9-11/h2-10H,1H3,(H,21,24). The third-order valence-electron chi connectivity index (χ3n) is 3.67. The number of thiazole rings is 1. The Morgan fingerprint density at radius 2 is 2.19 bits per heavy atom. The Hall–Kier alpha value is -2.49. The number of benzene rings is 1. The van der Waals surface area contributed by atoms with Gasteiger partial charge in [-0.1, -0.05) is 0 Å². The van der Waals surface area contributed by atoms with Gasteiger partial charge in [0.15, 0.2) is 5.16 Å². The monoisotopic (exact) mass is 416 g/mol. The summed E-state index contributed by atoms with van der Waals surface area (Å²) in [6.07, 6.45) is 3.51. The largest absolute Gasteiger partial charge is 0.329 e. The van der Waals surface area contributed by atoms with Crippen molar-refractivity contribution in [2.45, 2.75) is 10.1 Å². The molecule has 0 aliphatic rings. The number of halogens is 1. The molecule has 0 aliphatic heterocycles. The van der Waals surface area contributed by atoms with E-state index in [-0.39, 0.29) is 5.91 Å². The molecule has 3 aromatic heterocycles. The van der Waals surface area contributed by atoms with Gasteiger partial charge in [0.1, 0.15) is 16.5 Å². The molecule has 0 radical (unpaired) electrons. The summed E-state index contributed by atoms with van der Waals surface area (Å²) in [7, 11) is 1.87. The van der Waals surface area contributed by atoms with Gasteiger partial charge in [0.25, 0.3) is 5.91 Å². The van der Waals surface area contributed by atoms with Crippen LogP contribution in [-0.2, 0) is 7.05 Å². The molecule has 3 heterocycles. The molecule has 1 aromatic carbocycles. The van der Waals surface area contributed by atoms with Crippen LogP contribution in [0.5, 0.6) is 0 Å². The number of amides is 1. The molecule has 0 saturated heterocycles. The van der Waals surface area contributed by atoms with E-state index < -0.39 is 5.82 Å². The number of hydrogen-bond donors (Lipinski definition) is 1. The Morgan fingerprint density at radius 1 is 1.30 bits per heavy atom. The first-order valence-corrected chi connectivity index (χ1v) is 10.5. The molecule has 4 rings (SSSR count). The van der Waals surface area contributed by atoms with Crippen LogP contribution >= 0.6 is 34.4 Å².